The number of quaternary nitrogens is 1. The predicted molar refractivity (Wildman–Crippen MR) is 98.8 cm³/mol. The molecule has 0 bridgehead atoms. The van der Waals surface area contributed by atoms with E-state index in [2.05, 4.69) is 15.4 Å². The number of methoxy groups -OCH3 is 1. The van der Waals surface area contributed by atoms with E-state index in [-0.39, 0.29) is 16.6 Å². The summed E-state index contributed by atoms with van der Waals surface area (Å²) in [7, 11) is 1.55. The van der Waals surface area contributed by atoms with Gasteiger partial charge in [0.15, 0.2) is 5.69 Å². The van der Waals surface area contributed by atoms with Crippen LogP contribution < -0.4 is 10.1 Å². The highest BCUT2D eigenvalue weighted by molar-refractivity contribution is 6.58. The number of aromatic nitrogens is 3. The second-order valence-electron chi connectivity index (χ2n) is 6.75. The van der Waals surface area contributed by atoms with Crippen molar-refractivity contribution in [1.29, 1.82) is 0 Å². The molecule has 27 heavy (non-hydrogen) atoms. The van der Waals surface area contributed by atoms with E-state index in [1.165, 1.54) is 13.3 Å². The van der Waals surface area contributed by atoms with Gasteiger partial charge in [-0.25, -0.2) is 4.79 Å². The SMILES string of the molecule is COC(=O)C1=C[N+](c2cccc(B(O)O)c2)(C2CC2c2cn(C)nn2)N=C1. The number of rotatable bonds is 5. The maximum atomic E-state index is 12.0. The van der Waals surface area contributed by atoms with Crippen molar-refractivity contribution in [3.05, 3.63) is 47.9 Å². The number of hydrogen-bond donors (Lipinski definition) is 2. The van der Waals surface area contributed by atoms with Gasteiger partial charge in [0.1, 0.15) is 24.0 Å². The number of nitrogens with zero attached hydrogens (tertiary/aromatic N) is 5. The number of carbonyl (C=O) groups is 1. The molecule has 1 aromatic heterocycles. The van der Waals surface area contributed by atoms with Crippen LogP contribution in [0.4, 0.5) is 5.69 Å². The third-order valence-electron chi connectivity index (χ3n) is 4.99. The van der Waals surface area contributed by atoms with Crippen molar-refractivity contribution in [2.45, 2.75) is 18.4 Å². The molecule has 0 saturated heterocycles. The van der Waals surface area contributed by atoms with Gasteiger partial charge in [-0.2, -0.15) is 0 Å². The number of carbonyl (C=O) groups excluding carboxylic acids is 1. The Kier molecular flexibility index (Phi) is 4.18. The Morgan fingerprint density at radius 3 is 2.89 bits per heavy atom. The molecular weight excluding hydrogens is 349 g/mol. The van der Waals surface area contributed by atoms with Crippen molar-refractivity contribution in [3.8, 4) is 0 Å². The van der Waals surface area contributed by atoms with E-state index in [4.69, 9.17) is 4.74 Å². The monoisotopic (exact) mass is 368 g/mol. The summed E-state index contributed by atoms with van der Waals surface area (Å²) in [6.07, 6.45) is 5.93. The van der Waals surface area contributed by atoms with Gasteiger partial charge in [0.05, 0.1) is 18.7 Å². The quantitative estimate of drug-likeness (QED) is 0.415. The van der Waals surface area contributed by atoms with E-state index in [0.29, 0.717) is 11.0 Å². The minimum atomic E-state index is -1.59. The lowest BCUT2D eigenvalue weighted by Gasteiger charge is -2.26. The third kappa shape index (κ3) is 2.97. The zero-order valence-corrected chi connectivity index (χ0v) is 14.9. The largest absolute Gasteiger partial charge is 0.488 e. The first kappa shape index (κ1) is 17.6. The molecule has 0 spiro atoms. The molecule has 2 aliphatic rings. The molecule has 1 aromatic carbocycles. The van der Waals surface area contributed by atoms with Crippen molar-refractivity contribution in [2.24, 2.45) is 12.1 Å². The fourth-order valence-electron chi connectivity index (χ4n) is 3.55. The van der Waals surface area contributed by atoms with Crippen molar-refractivity contribution in [3.63, 3.8) is 0 Å². The molecule has 0 radical (unpaired) electrons. The van der Waals surface area contributed by atoms with Gasteiger partial charge in [0.25, 0.3) is 0 Å². The molecule has 9 nitrogen and oxygen atoms in total. The summed E-state index contributed by atoms with van der Waals surface area (Å²) in [5.41, 5.74) is 2.31. The molecule has 2 aromatic rings. The first-order valence-electron chi connectivity index (χ1n) is 8.52. The van der Waals surface area contributed by atoms with E-state index in [1.54, 1.807) is 29.1 Å². The Labute approximate surface area is 155 Å². The molecule has 1 aliphatic heterocycles. The van der Waals surface area contributed by atoms with E-state index >= 15 is 0 Å². The van der Waals surface area contributed by atoms with E-state index < -0.39 is 13.1 Å². The van der Waals surface area contributed by atoms with Crippen LogP contribution in [-0.4, -0.2) is 57.5 Å². The van der Waals surface area contributed by atoms with Crippen LogP contribution in [-0.2, 0) is 16.6 Å². The maximum absolute atomic E-state index is 12.0. The van der Waals surface area contributed by atoms with Crippen LogP contribution in [0.3, 0.4) is 0 Å². The average molecular weight is 368 g/mol. The van der Waals surface area contributed by atoms with Crippen LogP contribution in [0.1, 0.15) is 18.0 Å². The van der Waals surface area contributed by atoms with Crippen molar-refractivity contribution in [1.82, 2.24) is 19.6 Å². The lowest BCUT2D eigenvalue weighted by Crippen LogP contribution is -2.41. The molecular formula is C17H19BN5O4+. The topological polar surface area (TPSA) is 110 Å². The highest BCUT2D eigenvalue weighted by Gasteiger charge is 2.59. The number of benzene rings is 1. The number of ether oxygens (including phenoxy) is 1. The Bertz CT molecular complexity index is 956. The van der Waals surface area contributed by atoms with Crippen LogP contribution >= 0.6 is 0 Å². The maximum Gasteiger partial charge on any atom is 0.488 e. The van der Waals surface area contributed by atoms with Crippen LogP contribution in [0.2, 0.25) is 0 Å². The van der Waals surface area contributed by atoms with Gasteiger partial charge < -0.3 is 14.8 Å². The van der Waals surface area contributed by atoms with Gasteiger partial charge in [-0.3, -0.25) is 4.68 Å². The van der Waals surface area contributed by atoms with E-state index in [1.807, 2.05) is 19.3 Å². The molecule has 0 amide bonds. The minimum absolute atomic E-state index is 0.0196. The summed E-state index contributed by atoms with van der Waals surface area (Å²) in [6, 6.07) is 6.92. The van der Waals surface area contributed by atoms with Crippen LogP contribution in [0, 0.1) is 0 Å². The summed E-state index contributed by atoms with van der Waals surface area (Å²) in [5, 5.41) is 31.9. The Morgan fingerprint density at radius 1 is 1.41 bits per heavy atom. The summed E-state index contributed by atoms with van der Waals surface area (Å²) in [4.78, 5) is 12.0. The van der Waals surface area contributed by atoms with Gasteiger partial charge in [0.2, 0.25) is 0 Å². The van der Waals surface area contributed by atoms with E-state index in [9.17, 15) is 14.8 Å². The summed E-state index contributed by atoms with van der Waals surface area (Å²) >= 11 is 0. The van der Waals surface area contributed by atoms with Gasteiger partial charge in [0, 0.05) is 31.8 Å². The lowest BCUT2D eigenvalue weighted by atomic mass is 9.80. The number of hydrogen-bond acceptors (Lipinski definition) is 7. The molecule has 4 rings (SSSR count). The molecule has 1 aliphatic carbocycles. The smallest absolute Gasteiger partial charge is 0.465 e. The zero-order chi connectivity index (χ0) is 19.2. The van der Waals surface area contributed by atoms with E-state index in [0.717, 1.165) is 17.8 Å². The van der Waals surface area contributed by atoms with Crippen molar-refractivity contribution >= 4 is 30.5 Å². The van der Waals surface area contributed by atoms with Crippen molar-refractivity contribution in [2.75, 3.05) is 7.11 Å². The standard InChI is InChI=1S/C17H19BN5O4/c1-22-9-15(20-21-22)14-7-16(14)23(10-11(8-19-23)17(24)27-2)13-5-3-4-12(6-13)18(25)26/h3-6,8-10,14,16,25-26H,7H2,1-2H3/q+1. The highest BCUT2D eigenvalue weighted by atomic mass is 16.5. The first-order valence-corrected chi connectivity index (χ1v) is 8.52. The van der Waals surface area contributed by atoms with Gasteiger partial charge in [-0.05, 0) is 5.46 Å². The number of aryl methyl sites for hydroxylation is 1. The minimum Gasteiger partial charge on any atom is -0.465 e. The Morgan fingerprint density at radius 2 is 2.22 bits per heavy atom. The van der Waals surface area contributed by atoms with Gasteiger partial charge in [-0.1, -0.05) is 22.4 Å². The molecule has 1 saturated carbocycles. The second kappa shape index (κ2) is 6.41. The summed E-state index contributed by atoms with van der Waals surface area (Å²) < 4.78 is 6.53. The van der Waals surface area contributed by atoms with Crippen molar-refractivity contribution < 1.29 is 19.6 Å². The van der Waals surface area contributed by atoms with Gasteiger partial charge in [-0.15, -0.1) is 9.69 Å². The molecule has 10 heteroatoms. The second-order valence-corrected chi connectivity index (χ2v) is 6.75. The average Bonchev–Trinajstić information content (AvgIpc) is 3.15. The summed E-state index contributed by atoms with van der Waals surface area (Å²) in [5.74, 6) is -0.333. The molecule has 2 heterocycles. The van der Waals surface area contributed by atoms with Gasteiger partial charge >= 0.3 is 13.1 Å². The molecule has 2 N–H and O–H groups in total. The van der Waals surface area contributed by atoms with Crippen LogP contribution in [0.5, 0.6) is 0 Å². The third-order valence-corrected chi connectivity index (χ3v) is 4.99. The fourth-order valence-corrected chi connectivity index (χ4v) is 3.55. The molecule has 1 fully saturated rings. The Balaban J connectivity index is 1.76. The Hall–Kier alpha value is -2.82. The normalized spacial score (nSPS) is 26.0. The molecule has 138 valence electrons. The summed E-state index contributed by atoms with van der Waals surface area (Å²) in [6.45, 7) is 0. The van der Waals surface area contributed by atoms with Crippen LogP contribution in [0.15, 0.2) is 47.3 Å². The lowest BCUT2D eigenvalue weighted by molar-refractivity contribution is -0.135. The zero-order valence-electron chi connectivity index (χ0n) is 14.9. The van der Waals surface area contributed by atoms with Crippen LogP contribution in [0.25, 0.3) is 0 Å². The number of esters is 1. The molecule has 3 atom stereocenters. The first-order chi connectivity index (χ1) is 12.9. The molecule has 3 unspecified atom stereocenters. The fraction of sp³-hybridized carbons (Fsp3) is 0.294. The highest BCUT2D eigenvalue weighted by Crippen LogP contribution is 2.51. The predicted octanol–water partition coefficient (Wildman–Crippen LogP) is -0.585.